The summed E-state index contributed by atoms with van der Waals surface area (Å²) in [7, 11) is 0. The van der Waals surface area contributed by atoms with Crippen LogP contribution in [0.25, 0.3) is 0 Å². The van der Waals surface area contributed by atoms with Gasteiger partial charge in [0.15, 0.2) is 0 Å². The molecule has 20 heavy (non-hydrogen) atoms. The van der Waals surface area contributed by atoms with Crippen molar-refractivity contribution in [2.24, 2.45) is 5.92 Å². The summed E-state index contributed by atoms with van der Waals surface area (Å²) < 4.78 is 6.65. The molecule has 108 valence electrons. The molecular weight excluding hydrogens is 270 g/mol. The van der Waals surface area contributed by atoms with Crippen LogP contribution in [0, 0.1) is 5.92 Å². The molecule has 0 radical (unpaired) electrons. The molecule has 0 amide bonds. The van der Waals surface area contributed by atoms with E-state index in [2.05, 4.69) is 32.7 Å². The van der Waals surface area contributed by atoms with E-state index in [9.17, 15) is 0 Å². The monoisotopic (exact) mass is 291 g/mol. The molecule has 1 aliphatic heterocycles. The molecule has 0 aliphatic carbocycles. The molecule has 2 aromatic heterocycles. The first-order valence-corrected chi connectivity index (χ1v) is 8.04. The summed E-state index contributed by atoms with van der Waals surface area (Å²) in [5.74, 6) is 1.60. The molecule has 3 rings (SSSR count). The van der Waals surface area contributed by atoms with Gasteiger partial charge in [0.1, 0.15) is 5.82 Å². The average molecular weight is 291 g/mol. The Labute approximate surface area is 123 Å². The molecule has 0 saturated carbocycles. The second-order valence-corrected chi connectivity index (χ2v) is 6.57. The Morgan fingerprint density at radius 3 is 3.10 bits per heavy atom. The summed E-state index contributed by atoms with van der Waals surface area (Å²) in [4.78, 5) is 11.3. The third-order valence-electron chi connectivity index (χ3n) is 3.65. The van der Waals surface area contributed by atoms with Crippen molar-refractivity contribution in [3.8, 4) is 0 Å². The lowest BCUT2D eigenvalue weighted by Gasteiger charge is -2.23. The Balaban J connectivity index is 1.70. The van der Waals surface area contributed by atoms with E-state index in [1.165, 1.54) is 12.8 Å². The van der Waals surface area contributed by atoms with E-state index < -0.39 is 0 Å². The van der Waals surface area contributed by atoms with Crippen molar-refractivity contribution in [3.63, 3.8) is 0 Å². The summed E-state index contributed by atoms with van der Waals surface area (Å²) >= 11 is 1.55. The number of imidazole rings is 1. The fraction of sp³-hybridized carbons (Fsp3) is 0.643. The molecular formula is C14H21N5S. The molecule has 1 saturated heterocycles. The molecule has 0 bridgehead atoms. The zero-order valence-electron chi connectivity index (χ0n) is 12.1. The van der Waals surface area contributed by atoms with Gasteiger partial charge in [-0.05, 0) is 18.8 Å². The van der Waals surface area contributed by atoms with Crippen LogP contribution in [-0.2, 0) is 13.0 Å². The van der Waals surface area contributed by atoms with E-state index in [-0.39, 0.29) is 0 Å². The Kier molecular flexibility index (Phi) is 4.00. The van der Waals surface area contributed by atoms with Crippen molar-refractivity contribution in [1.82, 2.24) is 18.9 Å². The molecule has 1 aliphatic rings. The lowest BCUT2D eigenvalue weighted by atomic mass is 10.1. The van der Waals surface area contributed by atoms with Crippen LogP contribution in [0.15, 0.2) is 18.7 Å². The van der Waals surface area contributed by atoms with Crippen molar-refractivity contribution in [3.05, 3.63) is 24.5 Å². The first-order chi connectivity index (χ1) is 9.72. The first kappa shape index (κ1) is 13.5. The van der Waals surface area contributed by atoms with Crippen molar-refractivity contribution in [1.29, 1.82) is 0 Å². The number of rotatable bonds is 5. The fourth-order valence-corrected chi connectivity index (χ4v) is 3.52. The Bertz CT molecular complexity index is 534. The van der Waals surface area contributed by atoms with Crippen LogP contribution in [0.1, 0.15) is 32.5 Å². The van der Waals surface area contributed by atoms with Crippen molar-refractivity contribution < 1.29 is 0 Å². The van der Waals surface area contributed by atoms with E-state index in [1.807, 2.05) is 18.7 Å². The predicted molar refractivity (Wildman–Crippen MR) is 81.0 cm³/mol. The van der Waals surface area contributed by atoms with Gasteiger partial charge in [-0.15, -0.1) is 0 Å². The molecule has 6 heteroatoms. The van der Waals surface area contributed by atoms with Crippen LogP contribution in [-0.4, -0.2) is 31.5 Å². The SMILES string of the molecule is CC(C)Cc1nsc(N2CCCC2Cn2ccnc2)n1. The maximum atomic E-state index is 4.72. The number of hydrogen-bond donors (Lipinski definition) is 0. The second kappa shape index (κ2) is 5.91. The number of nitrogens with zero attached hydrogens (tertiary/aromatic N) is 5. The van der Waals surface area contributed by atoms with Crippen molar-refractivity contribution in [2.75, 3.05) is 11.4 Å². The third kappa shape index (κ3) is 3.00. The van der Waals surface area contributed by atoms with E-state index >= 15 is 0 Å². The highest BCUT2D eigenvalue weighted by Crippen LogP contribution is 2.28. The zero-order chi connectivity index (χ0) is 13.9. The summed E-state index contributed by atoms with van der Waals surface area (Å²) in [6.07, 6.45) is 9.18. The number of hydrogen-bond acceptors (Lipinski definition) is 5. The van der Waals surface area contributed by atoms with E-state index in [0.29, 0.717) is 12.0 Å². The minimum absolute atomic E-state index is 0.518. The molecule has 1 unspecified atom stereocenters. The van der Waals surface area contributed by atoms with Crippen LogP contribution < -0.4 is 4.90 Å². The van der Waals surface area contributed by atoms with Gasteiger partial charge < -0.3 is 9.47 Å². The maximum absolute atomic E-state index is 4.72. The highest BCUT2D eigenvalue weighted by atomic mass is 32.1. The molecule has 5 nitrogen and oxygen atoms in total. The van der Waals surface area contributed by atoms with Gasteiger partial charge >= 0.3 is 0 Å². The largest absolute Gasteiger partial charge is 0.342 e. The summed E-state index contributed by atoms with van der Waals surface area (Å²) in [5.41, 5.74) is 0. The molecule has 2 aromatic rings. The molecule has 0 N–H and O–H groups in total. The Morgan fingerprint density at radius 1 is 1.45 bits per heavy atom. The zero-order valence-corrected chi connectivity index (χ0v) is 12.9. The smallest absolute Gasteiger partial charge is 0.205 e. The van der Waals surface area contributed by atoms with Crippen molar-refractivity contribution >= 4 is 16.7 Å². The van der Waals surface area contributed by atoms with Gasteiger partial charge in [-0.25, -0.2) is 9.97 Å². The van der Waals surface area contributed by atoms with E-state index in [0.717, 1.165) is 30.5 Å². The number of aromatic nitrogens is 4. The average Bonchev–Trinajstić information content (AvgIpc) is 3.10. The van der Waals surface area contributed by atoms with Gasteiger partial charge in [0.2, 0.25) is 5.13 Å². The molecule has 0 aromatic carbocycles. The lowest BCUT2D eigenvalue weighted by Crippen LogP contribution is -2.32. The van der Waals surface area contributed by atoms with Crippen LogP contribution in [0.3, 0.4) is 0 Å². The first-order valence-electron chi connectivity index (χ1n) is 7.27. The summed E-state index contributed by atoms with van der Waals surface area (Å²) in [6.45, 7) is 6.49. The summed E-state index contributed by atoms with van der Waals surface area (Å²) in [6, 6.07) is 0.518. The minimum atomic E-state index is 0.518. The van der Waals surface area contributed by atoms with Crippen LogP contribution in [0.4, 0.5) is 5.13 Å². The normalized spacial score (nSPS) is 19.1. The van der Waals surface area contributed by atoms with Gasteiger partial charge in [-0.1, -0.05) is 13.8 Å². The predicted octanol–water partition coefficient (Wildman–Crippen LogP) is 2.60. The van der Waals surface area contributed by atoms with Crippen LogP contribution in [0.2, 0.25) is 0 Å². The lowest BCUT2D eigenvalue weighted by molar-refractivity contribution is 0.548. The highest BCUT2D eigenvalue weighted by molar-refractivity contribution is 7.09. The maximum Gasteiger partial charge on any atom is 0.205 e. The Hall–Kier alpha value is -1.43. The molecule has 1 fully saturated rings. The molecule has 0 spiro atoms. The van der Waals surface area contributed by atoms with Gasteiger partial charge in [-0.3, -0.25) is 0 Å². The standard InChI is InChI=1S/C14H21N5S/c1-11(2)8-13-16-14(20-17-13)19-6-3-4-12(19)9-18-7-5-15-10-18/h5,7,10-12H,3-4,6,8-9H2,1-2H3. The topological polar surface area (TPSA) is 46.8 Å². The van der Waals surface area contributed by atoms with Crippen molar-refractivity contribution in [2.45, 2.75) is 45.7 Å². The highest BCUT2D eigenvalue weighted by Gasteiger charge is 2.27. The van der Waals surface area contributed by atoms with Gasteiger partial charge in [0.25, 0.3) is 0 Å². The minimum Gasteiger partial charge on any atom is -0.342 e. The quantitative estimate of drug-likeness (QED) is 0.849. The Morgan fingerprint density at radius 2 is 2.35 bits per heavy atom. The van der Waals surface area contributed by atoms with E-state index in [4.69, 9.17) is 4.98 Å². The third-order valence-corrected chi connectivity index (χ3v) is 4.44. The number of anilines is 1. The summed E-state index contributed by atoms with van der Waals surface area (Å²) in [5, 5.41) is 1.09. The van der Waals surface area contributed by atoms with Crippen LogP contribution >= 0.6 is 11.5 Å². The van der Waals surface area contributed by atoms with E-state index in [1.54, 1.807) is 11.5 Å². The van der Waals surface area contributed by atoms with Gasteiger partial charge in [0, 0.05) is 49.5 Å². The molecule has 1 atom stereocenters. The second-order valence-electron chi connectivity index (χ2n) is 5.84. The van der Waals surface area contributed by atoms with Gasteiger partial charge in [0.05, 0.1) is 6.33 Å². The van der Waals surface area contributed by atoms with Crippen LogP contribution in [0.5, 0.6) is 0 Å². The molecule has 3 heterocycles. The van der Waals surface area contributed by atoms with Gasteiger partial charge in [-0.2, -0.15) is 4.37 Å². The fourth-order valence-electron chi connectivity index (χ4n) is 2.72.